The van der Waals surface area contributed by atoms with E-state index in [9.17, 15) is 14.0 Å². The molecule has 0 unspecified atom stereocenters. The molecule has 2 aromatic rings. The number of anilines is 1. The summed E-state index contributed by atoms with van der Waals surface area (Å²) in [5.74, 6) is -1.10. The maximum Gasteiger partial charge on any atom is 0.287 e. The molecule has 0 aliphatic heterocycles. The maximum absolute atomic E-state index is 12.9. The number of nitrogens with zero attached hydrogens (tertiary/aromatic N) is 2. The lowest BCUT2D eigenvalue weighted by molar-refractivity contribution is -0.117. The second-order valence-electron chi connectivity index (χ2n) is 3.94. The standard InChI is InChI=1S/C12H7Cl3FN3O2/c13-7-3-6(16)1-2-9(7)18-10(20)5-19-12(21)11(15)8(14)4-17-19/h1-4H,5H2,(H,18,20). The molecule has 0 aliphatic rings. The number of amides is 1. The summed E-state index contributed by atoms with van der Waals surface area (Å²) >= 11 is 17.1. The molecule has 0 bridgehead atoms. The molecule has 2 rings (SSSR count). The zero-order valence-corrected chi connectivity index (χ0v) is 12.5. The van der Waals surface area contributed by atoms with E-state index in [1.54, 1.807) is 0 Å². The van der Waals surface area contributed by atoms with E-state index in [1.165, 1.54) is 6.07 Å². The van der Waals surface area contributed by atoms with Gasteiger partial charge in [-0.1, -0.05) is 34.8 Å². The monoisotopic (exact) mass is 349 g/mol. The van der Waals surface area contributed by atoms with Gasteiger partial charge in [0.2, 0.25) is 5.91 Å². The van der Waals surface area contributed by atoms with E-state index < -0.39 is 17.3 Å². The highest BCUT2D eigenvalue weighted by Gasteiger charge is 2.12. The van der Waals surface area contributed by atoms with Crippen LogP contribution in [0.4, 0.5) is 10.1 Å². The van der Waals surface area contributed by atoms with E-state index in [2.05, 4.69) is 10.4 Å². The molecule has 9 heteroatoms. The minimum atomic E-state index is -0.690. The van der Waals surface area contributed by atoms with Crippen molar-refractivity contribution in [3.63, 3.8) is 0 Å². The third kappa shape index (κ3) is 3.72. The van der Waals surface area contributed by atoms with Crippen molar-refractivity contribution in [3.05, 3.63) is 55.6 Å². The van der Waals surface area contributed by atoms with Crippen molar-refractivity contribution in [2.24, 2.45) is 0 Å². The lowest BCUT2D eigenvalue weighted by atomic mass is 10.3. The number of carbonyl (C=O) groups is 1. The molecule has 0 atom stereocenters. The van der Waals surface area contributed by atoms with Crippen LogP contribution >= 0.6 is 34.8 Å². The Morgan fingerprint density at radius 2 is 2.00 bits per heavy atom. The van der Waals surface area contributed by atoms with E-state index >= 15 is 0 Å². The molecule has 1 aromatic carbocycles. The van der Waals surface area contributed by atoms with E-state index in [0.29, 0.717) is 0 Å². The predicted octanol–water partition coefficient (Wildman–Crippen LogP) is 2.98. The zero-order chi connectivity index (χ0) is 15.6. The van der Waals surface area contributed by atoms with Gasteiger partial charge in [0.05, 0.1) is 21.9 Å². The van der Waals surface area contributed by atoms with E-state index in [-0.39, 0.29) is 27.3 Å². The minimum absolute atomic E-state index is 0.0000890. The Hall–Kier alpha value is -1.63. The average Bonchev–Trinajstić information content (AvgIpc) is 2.43. The first-order valence-electron chi connectivity index (χ1n) is 5.54. The highest BCUT2D eigenvalue weighted by molar-refractivity contribution is 6.41. The molecule has 21 heavy (non-hydrogen) atoms. The van der Waals surface area contributed by atoms with Gasteiger partial charge in [0.1, 0.15) is 17.4 Å². The van der Waals surface area contributed by atoms with Crippen molar-refractivity contribution in [2.45, 2.75) is 6.54 Å². The SMILES string of the molecule is O=C(Cn1ncc(Cl)c(Cl)c1=O)Nc1ccc(F)cc1Cl. The van der Waals surface area contributed by atoms with Crippen molar-refractivity contribution < 1.29 is 9.18 Å². The number of hydrogen-bond donors (Lipinski definition) is 1. The summed E-state index contributed by atoms with van der Waals surface area (Å²) in [5.41, 5.74) is -0.472. The highest BCUT2D eigenvalue weighted by atomic mass is 35.5. The van der Waals surface area contributed by atoms with Gasteiger partial charge >= 0.3 is 0 Å². The Morgan fingerprint density at radius 1 is 1.29 bits per heavy atom. The predicted molar refractivity (Wildman–Crippen MR) is 78.6 cm³/mol. The van der Waals surface area contributed by atoms with Gasteiger partial charge in [-0.25, -0.2) is 9.07 Å². The number of aromatic nitrogens is 2. The van der Waals surface area contributed by atoms with Crippen LogP contribution < -0.4 is 10.9 Å². The first kappa shape index (κ1) is 15.8. The molecule has 1 aromatic heterocycles. The smallest absolute Gasteiger partial charge is 0.287 e. The molecular formula is C12H7Cl3FN3O2. The quantitative estimate of drug-likeness (QED) is 0.925. The Kier molecular flexibility index (Phi) is 4.82. The first-order chi connectivity index (χ1) is 9.88. The van der Waals surface area contributed by atoms with Crippen LogP contribution in [0.25, 0.3) is 0 Å². The van der Waals surface area contributed by atoms with Crippen LogP contribution in [0, 0.1) is 5.82 Å². The van der Waals surface area contributed by atoms with Gasteiger partial charge in [0.15, 0.2) is 0 Å². The fourth-order valence-electron chi connectivity index (χ4n) is 1.47. The summed E-state index contributed by atoms with van der Waals surface area (Å²) in [4.78, 5) is 23.5. The average molecular weight is 351 g/mol. The first-order valence-corrected chi connectivity index (χ1v) is 6.68. The fourth-order valence-corrected chi connectivity index (χ4v) is 1.96. The molecule has 0 radical (unpaired) electrons. The third-order valence-corrected chi connectivity index (χ3v) is 3.50. The second-order valence-corrected chi connectivity index (χ2v) is 5.13. The molecule has 0 saturated heterocycles. The van der Waals surface area contributed by atoms with Crippen LogP contribution in [0.5, 0.6) is 0 Å². The zero-order valence-electron chi connectivity index (χ0n) is 10.2. The third-order valence-electron chi connectivity index (χ3n) is 2.44. The topological polar surface area (TPSA) is 64.0 Å². The van der Waals surface area contributed by atoms with Crippen molar-refractivity contribution in [2.75, 3.05) is 5.32 Å². The van der Waals surface area contributed by atoms with Crippen LogP contribution in [-0.4, -0.2) is 15.7 Å². The summed E-state index contributed by atoms with van der Waals surface area (Å²) in [7, 11) is 0. The molecular weight excluding hydrogens is 344 g/mol. The van der Waals surface area contributed by atoms with Crippen LogP contribution in [0.2, 0.25) is 15.1 Å². The van der Waals surface area contributed by atoms with Gasteiger partial charge in [-0.2, -0.15) is 5.10 Å². The Bertz CT molecular complexity index is 764. The second kappa shape index (κ2) is 6.43. The number of nitrogens with one attached hydrogen (secondary N) is 1. The van der Waals surface area contributed by atoms with Gasteiger partial charge in [-0.3, -0.25) is 9.59 Å². The van der Waals surface area contributed by atoms with Crippen molar-refractivity contribution in [1.29, 1.82) is 0 Å². The number of hydrogen-bond acceptors (Lipinski definition) is 3. The van der Waals surface area contributed by atoms with Gasteiger partial charge in [0, 0.05) is 0 Å². The Labute approximate surface area is 133 Å². The Balaban J connectivity index is 2.16. The summed E-state index contributed by atoms with van der Waals surface area (Å²) in [6.45, 7) is -0.385. The van der Waals surface area contributed by atoms with Gasteiger partial charge in [-0.05, 0) is 18.2 Å². The van der Waals surface area contributed by atoms with Gasteiger partial charge in [-0.15, -0.1) is 0 Å². The number of halogens is 4. The van der Waals surface area contributed by atoms with Gasteiger partial charge < -0.3 is 5.32 Å². The highest BCUT2D eigenvalue weighted by Crippen LogP contribution is 2.22. The summed E-state index contributed by atoms with van der Waals surface area (Å²) in [5, 5.41) is 5.94. The molecule has 110 valence electrons. The molecule has 1 amide bonds. The number of carbonyl (C=O) groups excluding carboxylic acids is 1. The summed E-state index contributed by atoms with van der Waals surface area (Å²) in [6, 6.07) is 3.51. The van der Waals surface area contributed by atoms with Crippen molar-refractivity contribution in [1.82, 2.24) is 9.78 Å². The Morgan fingerprint density at radius 3 is 2.67 bits per heavy atom. The van der Waals surface area contributed by atoms with Crippen molar-refractivity contribution in [3.8, 4) is 0 Å². The van der Waals surface area contributed by atoms with E-state index in [0.717, 1.165) is 23.0 Å². The molecule has 5 nitrogen and oxygen atoms in total. The minimum Gasteiger partial charge on any atom is -0.323 e. The summed E-state index contributed by atoms with van der Waals surface area (Å²) < 4.78 is 13.7. The van der Waals surface area contributed by atoms with Crippen LogP contribution in [0.15, 0.2) is 29.2 Å². The van der Waals surface area contributed by atoms with E-state index in [1.807, 2.05) is 0 Å². The lowest BCUT2D eigenvalue weighted by Gasteiger charge is -2.08. The summed E-state index contributed by atoms with van der Waals surface area (Å²) in [6.07, 6.45) is 1.16. The van der Waals surface area contributed by atoms with Crippen LogP contribution in [0.1, 0.15) is 0 Å². The lowest BCUT2D eigenvalue weighted by Crippen LogP contribution is -2.29. The molecule has 0 fully saturated rings. The molecule has 1 heterocycles. The molecule has 0 aliphatic carbocycles. The largest absolute Gasteiger partial charge is 0.323 e. The van der Waals surface area contributed by atoms with Crippen LogP contribution in [0.3, 0.4) is 0 Å². The normalized spacial score (nSPS) is 10.5. The fraction of sp³-hybridized carbons (Fsp3) is 0.0833. The van der Waals surface area contributed by atoms with Crippen LogP contribution in [-0.2, 0) is 11.3 Å². The molecule has 0 saturated carbocycles. The van der Waals surface area contributed by atoms with Crippen molar-refractivity contribution >= 4 is 46.4 Å². The van der Waals surface area contributed by atoms with E-state index in [4.69, 9.17) is 34.8 Å². The molecule has 0 spiro atoms. The number of benzene rings is 1. The maximum atomic E-state index is 12.9. The number of rotatable bonds is 3. The van der Waals surface area contributed by atoms with Gasteiger partial charge in [0.25, 0.3) is 5.56 Å². The molecule has 1 N–H and O–H groups in total.